The Bertz CT molecular complexity index is 610. The molecule has 0 aliphatic heterocycles. The third-order valence-corrected chi connectivity index (χ3v) is 3.11. The van der Waals surface area contributed by atoms with Gasteiger partial charge < -0.3 is 10.7 Å². The standard InChI is InChI=1S/C15H19N5O/c1-10(2)12-5-3-11(4-6-12)7-18-15(21)13-8-17-9-14(19-13)20-16/h3-6,8-10H,7,16H2,1-2H3,(H,18,21)(H,19,20). The molecule has 0 atom stereocenters. The molecule has 2 rings (SSSR count). The van der Waals surface area contributed by atoms with Crippen LogP contribution in [0.5, 0.6) is 0 Å². The molecule has 0 saturated heterocycles. The first-order chi connectivity index (χ1) is 10.1. The van der Waals surface area contributed by atoms with E-state index in [9.17, 15) is 4.79 Å². The van der Waals surface area contributed by atoms with Gasteiger partial charge in [0.1, 0.15) is 5.69 Å². The smallest absolute Gasteiger partial charge is 0.271 e. The van der Waals surface area contributed by atoms with Crippen molar-refractivity contribution in [2.45, 2.75) is 26.3 Å². The van der Waals surface area contributed by atoms with Gasteiger partial charge in [-0.3, -0.25) is 9.78 Å². The van der Waals surface area contributed by atoms with Crippen molar-refractivity contribution in [2.75, 3.05) is 5.43 Å². The Labute approximate surface area is 123 Å². The summed E-state index contributed by atoms with van der Waals surface area (Å²) in [4.78, 5) is 19.9. The summed E-state index contributed by atoms with van der Waals surface area (Å²) >= 11 is 0. The highest BCUT2D eigenvalue weighted by molar-refractivity contribution is 5.92. The quantitative estimate of drug-likeness (QED) is 0.575. The molecule has 6 heteroatoms. The van der Waals surface area contributed by atoms with Crippen molar-refractivity contribution in [1.29, 1.82) is 0 Å². The van der Waals surface area contributed by atoms with E-state index in [4.69, 9.17) is 5.84 Å². The van der Waals surface area contributed by atoms with Gasteiger partial charge >= 0.3 is 0 Å². The Morgan fingerprint density at radius 1 is 1.24 bits per heavy atom. The van der Waals surface area contributed by atoms with Crippen LogP contribution in [0.1, 0.15) is 41.4 Å². The molecule has 1 heterocycles. The zero-order valence-corrected chi connectivity index (χ0v) is 12.1. The van der Waals surface area contributed by atoms with Crippen LogP contribution in [-0.2, 0) is 6.54 Å². The Morgan fingerprint density at radius 3 is 2.57 bits per heavy atom. The second-order valence-electron chi connectivity index (χ2n) is 5.01. The molecule has 1 aromatic carbocycles. The lowest BCUT2D eigenvalue weighted by molar-refractivity contribution is 0.0945. The molecule has 110 valence electrons. The van der Waals surface area contributed by atoms with Gasteiger partial charge in [-0.1, -0.05) is 38.1 Å². The minimum absolute atomic E-state index is 0.226. The Morgan fingerprint density at radius 2 is 1.95 bits per heavy atom. The van der Waals surface area contributed by atoms with E-state index in [1.54, 1.807) is 0 Å². The van der Waals surface area contributed by atoms with Crippen LogP contribution in [0.3, 0.4) is 0 Å². The fourth-order valence-corrected chi connectivity index (χ4v) is 1.84. The summed E-state index contributed by atoms with van der Waals surface area (Å²) in [7, 11) is 0. The summed E-state index contributed by atoms with van der Waals surface area (Å²) in [5.74, 6) is 5.80. The highest BCUT2D eigenvalue weighted by Gasteiger charge is 2.08. The first-order valence-corrected chi connectivity index (χ1v) is 6.76. The van der Waals surface area contributed by atoms with Crippen molar-refractivity contribution in [3.05, 3.63) is 53.5 Å². The van der Waals surface area contributed by atoms with Crippen molar-refractivity contribution in [3.63, 3.8) is 0 Å². The number of hydrogen-bond donors (Lipinski definition) is 3. The van der Waals surface area contributed by atoms with Gasteiger partial charge in [0, 0.05) is 6.54 Å². The number of hydrazine groups is 1. The number of amides is 1. The molecule has 0 bridgehead atoms. The molecule has 0 spiro atoms. The molecule has 21 heavy (non-hydrogen) atoms. The van der Waals surface area contributed by atoms with Crippen LogP contribution in [0.15, 0.2) is 36.7 Å². The number of hydrogen-bond acceptors (Lipinski definition) is 5. The first-order valence-electron chi connectivity index (χ1n) is 6.76. The number of nitrogens with two attached hydrogens (primary N) is 1. The van der Waals surface area contributed by atoms with Crippen molar-refractivity contribution in [1.82, 2.24) is 15.3 Å². The van der Waals surface area contributed by atoms with E-state index in [0.717, 1.165) is 5.56 Å². The van der Waals surface area contributed by atoms with Gasteiger partial charge in [-0.2, -0.15) is 0 Å². The predicted molar refractivity (Wildman–Crippen MR) is 81.5 cm³/mol. The summed E-state index contributed by atoms with van der Waals surface area (Å²) in [6.45, 7) is 4.74. The average Bonchev–Trinajstić information content (AvgIpc) is 2.53. The van der Waals surface area contributed by atoms with Crippen molar-refractivity contribution in [3.8, 4) is 0 Å². The van der Waals surface area contributed by atoms with Crippen LogP contribution in [-0.4, -0.2) is 15.9 Å². The summed E-state index contributed by atoms with van der Waals surface area (Å²) < 4.78 is 0. The molecule has 0 unspecified atom stereocenters. The minimum atomic E-state index is -0.285. The number of benzene rings is 1. The van der Waals surface area contributed by atoms with E-state index < -0.39 is 0 Å². The Balaban J connectivity index is 1.97. The summed E-state index contributed by atoms with van der Waals surface area (Å²) in [5, 5.41) is 2.81. The normalized spacial score (nSPS) is 10.5. The lowest BCUT2D eigenvalue weighted by Gasteiger charge is -2.08. The fraction of sp³-hybridized carbons (Fsp3) is 0.267. The van der Waals surface area contributed by atoms with Gasteiger partial charge in [0.05, 0.1) is 12.4 Å². The third-order valence-electron chi connectivity index (χ3n) is 3.11. The highest BCUT2D eigenvalue weighted by Crippen LogP contribution is 2.14. The van der Waals surface area contributed by atoms with Crippen LogP contribution in [0.2, 0.25) is 0 Å². The lowest BCUT2D eigenvalue weighted by atomic mass is 10.0. The maximum Gasteiger partial charge on any atom is 0.271 e. The molecular weight excluding hydrogens is 266 g/mol. The SMILES string of the molecule is CC(C)c1ccc(CNC(=O)c2cncc(NN)n2)cc1. The van der Waals surface area contributed by atoms with E-state index >= 15 is 0 Å². The number of nitrogens with one attached hydrogen (secondary N) is 2. The number of rotatable bonds is 5. The molecule has 0 aliphatic rings. The van der Waals surface area contributed by atoms with Crippen LogP contribution >= 0.6 is 0 Å². The largest absolute Gasteiger partial charge is 0.347 e. The lowest BCUT2D eigenvalue weighted by Crippen LogP contribution is -2.24. The number of carbonyl (C=O) groups is 1. The second kappa shape index (κ2) is 6.81. The van der Waals surface area contributed by atoms with E-state index in [1.807, 2.05) is 12.1 Å². The van der Waals surface area contributed by atoms with Gasteiger partial charge in [0.25, 0.3) is 5.91 Å². The Hall–Kier alpha value is -2.47. The molecule has 0 radical (unpaired) electrons. The third kappa shape index (κ3) is 4.00. The van der Waals surface area contributed by atoms with Gasteiger partial charge in [-0.25, -0.2) is 10.8 Å². The van der Waals surface area contributed by atoms with E-state index in [-0.39, 0.29) is 11.6 Å². The van der Waals surface area contributed by atoms with Crippen molar-refractivity contribution in [2.24, 2.45) is 5.84 Å². The van der Waals surface area contributed by atoms with E-state index in [2.05, 4.69) is 46.7 Å². The molecule has 4 N–H and O–H groups in total. The van der Waals surface area contributed by atoms with Crippen LogP contribution < -0.4 is 16.6 Å². The molecule has 0 fully saturated rings. The second-order valence-corrected chi connectivity index (χ2v) is 5.01. The predicted octanol–water partition coefficient (Wildman–Crippen LogP) is 1.82. The van der Waals surface area contributed by atoms with Gasteiger partial charge in [-0.15, -0.1) is 0 Å². The molecular formula is C15H19N5O. The molecule has 0 saturated carbocycles. The first kappa shape index (κ1) is 14.9. The van der Waals surface area contributed by atoms with Gasteiger partial charge in [0.2, 0.25) is 0 Å². The number of aromatic nitrogens is 2. The number of carbonyl (C=O) groups excluding carboxylic acids is 1. The molecule has 6 nitrogen and oxygen atoms in total. The zero-order chi connectivity index (χ0) is 15.2. The summed E-state index contributed by atoms with van der Waals surface area (Å²) in [5.41, 5.74) is 4.90. The Kier molecular flexibility index (Phi) is 4.84. The maximum atomic E-state index is 12.0. The maximum absolute atomic E-state index is 12.0. The van der Waals surface area contributed by atoms with Crippen molar-refractivity contribution < 1.29 is 4.79 Å². The summed E-state index contributed by atoms with van der Waals surface area (Å²) in [6, 6.07) is 8.17. The fourth-order valence-electron chi connectivity index (χ4n) is 1.84. The molecule has 0 aliphatic carbocycles. The molecule has 1 amide bonds. The van der Waals surface area contributed by atoms with Crippen LogP contribution in [0.25, 0.3) is 0 Å². The van der Waals surface area contributed by atoms with Crippen molar-refractivity contribution >= 4 is 11.7 Å². The van der Waals surface area contributed by atoms with Crippen LogP contribution in [0.4, 0.5) is 5.82 Å². The van der Waals surface area contributed by atoms with E-state index in [1.165, 1.54) is 18.0 Å². The number of nitrogens with zero attached hydrogens (tertiary/aromatic N) is 2. The average molecular weight is 285 g/mol. The van der Waals surface area contributed by atoms with Gasteiger partial charge in [-0.05, 0) is 17.0 Å². The van der Waals surface area contributed by atoms with Crippen LogP contribution in [0, 0.1) is 0 Å². The number of nitrogen functional groups attached to an aromatic ring is 1. The highest BCUT2D eigenvalue weighted by atomic mass is 16.1. The molecule has 2 aromatic rings. The minimum Gasteiger partial charge on any atom is -0.347 e. The number of anilines is 1. The topological polar surface area (TPSA) is 92.9 Å². The monoisotopic (exact) mass is 285 g/mol. The molecule has 1 aromatic heterocycles. The zero-order valence-electron chi connectivity index (χ0n) is 12.1. The van der Waals surface area contributed by atoms with Gasteiger partial charge in [0.15, 0.2) is 5.82 Å². The summed E-state index contributed by atoms with van der Waals surface area (Å²) in [6.07, 6.45) is 2.85. The van der Waals surface area contributed by atoms with E-state index in [0.29, 0.717) is 18.3 Å².